The minimum absolute atomic E-state index is 0.387. The van der Waals surface area contributed by atoms with Gasteiger partial charge in [0.2, 0.25) is 0 Å². The molecule has 0 aromatic rings. The number of rotatable bonds is 7. The van der Waals surface area contributed by atoms with E-state index < -0.39 is 5.60 Å². The van der Waals surface area contributed by atoms with Gasteiger partial charge in [-0.05, 0) is 18.8 Å². The van der Waals surface area contributed by atoms with E-state index in [2.05, 4.69) is 0 Å². The fourth-order valence-corrected chi connectivity index (χ4v) is 2.49. The zero-order valence-electron chi connectivity index (χ0n) is 8.16. The highest BCUT2D eigenvalue weighted by Crippen LogP contribution is 2.40. The van der Waals surface area contributed by atoms with Gasteiger partial charge >= 0.3 is 0 Å². The molecule has 0 bridgehead atoms. The number of methoxy groups -OCH3 is 1. The van der Waals surface area contributed by atoms with E-state index in [0.717, 1.165) is 31.0 Å². The number of ether oxygens (including phenoxy) is 1. The Bertz CT molecular complexity index is 153. The van der Waals surface area contributed by atoms with Gasteiger partial charge in [0.15, 0.2) is 0 Å². The molecule has 1 unspecified atom stereocenters. The molecule has 0 aromatic carbocycles. The first-order valence-electron chi connectivity index (χ1n) is 4.72. The van der Waals surface area contributed by atoms with Crippen LogP contribution in [0.25, 0.3) is 0 Å². The Labute approximate surface area is 84.0 Å². The van der Waals surface area contributed by atoms with E-state index >= 15 is 0 Å². The third kappa shape index (κ3) is 3.46. The van der Waals surface area contributed by atoms with Gasteiger partial charge in [0.1, 0.15) is 0 Å². The lowest BCUT2D eigenvalue weighted by Gasteiger charge is -2.25. The Morgan fingerprint density at radius 2 is 2.31 bits per heavy atom. The SMILES string of the molecule is COCCSCC(O)(CN)C1CC1. The average Bonchev–Trinajstić information content (AvgIpc) is 2.95. The molecule has 1 aliphatic carbocycles. The molecule has 0 radical (unpaired) electrons. The van der Waals surface area contributed by atoms with Crippen molar-refractivity contribution in [3.8, 4) is 0 Å². The second-order valence-electron chi connectivity index (χ2n) is 3.63. The van der Waals surface area contributed by atoms with Crippen molar-refractivity contribution in [2.75, 3.05) is 31.8 Å². The maximum absolute atomic E-state index is 10.1. The molecule has 1 aliphatic rings. The molecule has 1 rings (SSSR count). The van der Waals surface area contributed by atoms with E-state index in [1.807, 2.05) is 0 Å². The first-order chi connectivity index (χ1) is 6.23. The van der Waals surface area contributed by atoms with Gasteiger partial charge in [-0.2, -0.15) is 11.8 Å². The normalized spacial score (nSPS) is 21.5. The minimum atomic E-state index is -0.613. The van der Waals surface area contributed by atoms with E-state index in [1.54, 1.807) is 18.9 Å². The van der Waals surface area contributed by atoms with Crippen molar-refractivity contribution in [1.82, 2.24) is 0 Å². The summed E-state index contributed by atoms with van der Waals surface area (Å²) in [6.07, 6.45) is 2.27. The lowest BCUT2D eigenvalue weighted by atomic mass is 10.0. The molecule has 78 valence electrons. The lowest BCUT2D eigenvalue weighted by Crippen LogP contribution is -2.42. The summed E-state index contributed by atoms with van der Waals surface area (Å²) in [6.45, 7) is 1.13. The summed E-state index contributed by atoms with van der Waals surface area (Å²) in [5.41, 5.74) is 4.96. The molecule has 0 heterocycles. The number of hydrogen-bond acceptors (Lipinski definition) is 4. The first kappa shape index (κ1) is 11.3. The molecule has 0 amide bonds. The Kier molecular flexibility index (Phi) is 4.52. The quantitative estimate of drug-likeness (QED) is 0.593. The smallest absolute Gasteiger partial charge is 0.0887 e. The number of thioether (sulfide) groups is 1. The maximum atomic E-state index is 10.1. The van der Waals surface area contributed by atoms with Gasteiger partial charge in [-0.15, -0.1) is 0 Å². The van der Waals surface area contributed by atoms with Gasteiger partial charge in [0, 0.05) is 25.2 Å². The highest BCUT2D eigenvalue weighted by Gasteiger charge is 2.42. The Hall–Kier alpha value is 0.230. The summed E-state index contributed by atoms with van der Waals surface area (Å²) < 4.78 is 4.93. The number of nitrogens with two attached hydrogens (primary N) is 1. The Morgan fingerprint density at radius 1 is 1.62 bits per heavy atom. The van der Waals surface area contributed by atoms with Gasteiger partial charge in [-0.1, -0.05) is 0 Å². The van der Waals surface area contributed by atoms with Crippen molar-refractivity contribution >= 4 is 11.8 Å². The van der Waals surface area contributed by atoms with Crippen molar-refractivity contribution in [1.29, 1.82) is 0 Å². The molecule has 4 heteroatoms. The fourth-order valence-electron chi connectivity index (χ4n) is 1.36. The van der Waals surface area contributed by atoms with Crippen LogP contribution in [0.2, 0.25) is 0 Å². The number of hydrogen-bond donors (Lipinski definition) is 2. The standard InChI is InChI=1S/C9H19NO2S/c1-12-4-5-13-7-9(11,6-10)8-2-3-8/h8,11H,2-7,10H2,1H3. The second kappa shape index (κ2) is 5.20. The van der Waals surface area contributed by atoms with Crippen LogP contribution < -0.4 is 5.73 Å². The highest BCUT2D eigenvalue weighted by molar-refractivity contribution is 7.99. The van der Waals surface area contributed by atoms with E-state index in [1.165, 1.54) is 0 Å². The van der Waals surface area contributed by atoms with Gasteiger partial charge in [-0.3, -0.25) is 0 Å². The van der Waals surface area contributed by atoms with Gasteiger partial charge in [-0.25, -0.2) is 0 Å². The van der Waals surface area contributed by atoms with Crippen LogP contribution in [0.5, 0.6) is 0 Å². The summed E-state index contributed by atoms with van der Waals surface area (Å²) in [7, 11) is 1.69. The molecule has 13 heavy (non-hydrogen) atoms. The van der Waals surface area contributed by atoms with Crippen LogP contribution in [0.4, 0.5) is 0 Å². The lowest BCUT2D eigenvalue weighted by molar-refractivity contribution is 0.0509. The van der Waals surface area contributed by atoms with Gasteiger partial charge in [0.25, 0.3) is 0 Å². The molecule has 0 spiro atoms. The molecule has 1 fully saturated rings. The van der Waals surface area contributed by atoms with Crippen LogP contribution >= 0.6 is 11.8 Å². The second-order valence-corrected chi connectivity index (χ2v) is 4.73. The zero-order valence-corrected chi connectivity index (χ0v) is 8.98. The summed E-state index contributed by atoms with van der Waals surface area (Å²) in [5.74, 6) is 2.14. The average molecular weight is 205 g/mol. The van der Waals surface area contributed by atoms with Crippen molar-refractivity contribution in [2.45, 2.75) is 18.4 Å². The molecule has 0 saturated heterocycles. The van der Waals surface area contributed by atoms with E-state index in [0.29, 0.717) is 12.5 Å². The van der Waals surface area contributed by atoms with Crippen LogP contribution in [-0.4, -0.2) is 42.5 Å². The highest BCUT2D eigenvalue weighted by atomic mass is 32.2. The zero-order chi connectivity index (χ0) is 9.73. The Morgan fingerprint density at radius 3 is 2.77 bits per heavy atom. The molecular weight excluding hydrogens is 186 g/mol. The fraction of sp³-hybridized carbons (Fsp3) is 1.00. The summed E-state index contributed by atoms with van der Waals surface area (Å²) in [6, 6.07) is 0. The molecule has 0 aliphatic heterocycles. The molecule has 3 nitrogen and oxygen atoms in total. The van der Waals surface area contributed by atoms with Crippen molar-refractivity contribution < 1.29 is 9.84 Å². The monoisotopic (exact) mass is 205 g/mol. The number of aliphatic hydroxyl groups is 1. The maximum Gasteiger partial charge on any atom is 0.0887 e. The van der Waals surface area contributed by atoms with Crippen molar-refractivity contribution in [3.05, 3.63) is 0 Å². The molecule has 1 saturated carbocycles. The third-order valence-corrected chi connectivity index (χ3v) is 3.63. The summed E-state index contributed by atoms with van der Waals surface area (Å²) in [5, 5.41) is 10.1. The molecule has 3 N–H and O–H groups in total. The van der Waals surface area contributed by atoms with Crippen LogP contribution in [0, 0.1) is 5.92 Å². The van der Waals surface area contributed by atoms with Gasteiger partial charge < -0.3 is 15.6 Å². The third-order valence-electron chi connectivity index (χ3n) is 2.47. The van der Waals surface area contributed by atoms with Gasteiger partial charge in [0.05, 0.1) is 12.2 Å². The topological polar surface area (TPSA) is 55.5 Å². The van der Waals surface area contributed by atoms with Crippen LogP contribution in [0.1, 0.15) is 12.8 Å². The predicted octanol–water partition coefficient (Wildman–Crippen LogP) is 0.466. The van der Waals surface area contributed by atoms with Crippen LogP contribution in [0.3, 0.4) is 0 Å². The van der Waals surface area contributed by atoms with Crippen LogP contribution in [-0.2, 0) is 4.74 Å². The largest absolute Gasteiger partial charge is 0.387 e. The first-order valence-corrected chi connectivity index (χ1v) is 5.87. The van der Waals surface area contributed by atoms with Crippen molar-refractivity contribution in [3.63, 3.8) is 0 Å². The van der Waals surface area contributed by atoms with E-state index in [4.69, 9.17) is 10.5 Å². The Balaban J connectivity index is 2.15. The summed E-state index contributed by atoms with van der Waals surface area (Å²) >= 11 is 1.72. The van der Waals surface area contributed by atoms with E-state index in [9.17, 15) is 5.11 Å². The van der Waals surface area contributed by atoms with Crippen molar-refractivity contribution in [2.24, 2.45) is 11.7 Å². The molecule has 0 aromatic heterocycles. The van der Waals surface area contributed by atoms with E-state index in [-0.39, 0.29) is 0 Å². The minimum Gasteiger partial charge on any atom is -0.387 e. The van der Waals surface area contributed by atoms with Crippen LogP contribution in [0.15, 0.2) is 0 Å². The summed E-state index contributed by atoms with van der Waals surface area (Å²) in [4.78, 5) is 0. The molecular formula is C9H19NO2S. The molecule has 1 atom stereocenters. The predicted molar refractivity (Wildman–Crippen MR) is 55.9 cm³/mol.